The number of hydrogen-bond donors (Lipinski definition) is 2. The summed E-state index contributed by atoms with van der Waals surface area (Å²) in [4.78, 5) is 21.1. The molecule has 0 saturated carbocycles. The molecule has 2 amide bonds. The van der Waals surface area contributed by atoms with Gasteiger partial charge in [-0.3, -0.25) is 0 Å². The van der Waals surface area contributed by atoms with E-state index < -0.39 is 12.2 Å². The van der Waals surface area contributed by atoms with Crippen LogP contribution in [0.3, 0.4) is 0 Å². The van der Waals surface area contributed by atoms with E-state index in [0.717, 1.165) is 0 Å². The van der Waals surface area contributed by atoms with Gasteiger partial charge in [0.2, 0.25) is 0 Å². The van der Waals surface area contributed by atoms with Gasteiger partial charge in [0.05, 0.1) is 0 Å². The highest BCUT2D eigenvalue weighted by Gasteiger charge is 2.12. The molecule has 4 N–H and O–H groups in total. The zero-order chi connectivity index (χ0) is 11.4. The second-order valence-corrected chi connectivity index (χ2v) is 2.74. The van der Waals surface area contributed by atoms with Crippen molar-refractivity contribution in [3.63, 3.8) is 0 Å². The van der Waals surface area contributed by atoms with Crippen molar-refractivity contribution in [3.8, 4) is 11.5 Å². The summed E-state index contributed by atoms with van der Waals surface area (Å²) in [5.74, 6) is 0.144. The van der Waals surface area contributed by atoms with Crippen LogP contribution in [0.1, 0.15) is 5.56 Å². The first-order valence-corrected chi connectivity index (χ1v) is 4.05. The van der Waals surface area contributed by atoms with Crippen LogP contribution in [0.2, 0.25) is 0 Å². The van der Waals surface area contributed by atoms with E-state index in [-0.39, 0.29) is 11.5 Å². The number of para-hydroxylation sites is 1. The fourth-order valence-corrected chi connectivity index (χ4v) is 1.05. The standard InChI is InChI=1S/C9H10N2O4/c1-5-3-2-4-6(14-8(10)12)7(5)15-9(11)13/h2-4H,1H3,(H2,10,12)(H2,11,13). The van der Waals surface area contributed by atoms with Crippen molar-refractivity contribution >= 4 is 12.2 Å². The monoisotopic (exact) mass is 210 g/mol. The number of benzene rings is 1. The highest BCUT2D eigenvalue weighted by molar-refractivity contribution is 5.73. The SMILES string of the molecule is Cc1cccc(OC(N)=O)c1OC(N)=O. The van der Waals surface area contributed by atoms with E-state index in [1.54, 1.807) is 19.1 Å². The number of aryl methyl sites for hydroxylation is 1. The van der Waals surface area contributed by atoms with E-state index in [0.29, 0.717) is 5.56 Å². The van der Waals surface area contributed by atoms with Crippen LogP contribution in [-0.2, 0) is 0 Å². The first kappa shape index (κ1) is 10.8. The summed E-state index contributed by atoms with van der Waals surface area (Å²) in [5.41, 5.74) is 10.3. The molecule has 0 aliphatic carbocycles. The second kappa shape index (κ2) is 4.32. The van der Waals surface area contributed by atoms with Gasteiger partial charge in [0.1, 0.15) is 0 Å². The summed E-state index contributed by atoms with van der Waals surface area (Å²) in [6.07, 6.45) is -1.98. The van der Waals surface area contributed by atoms with Gasteiger partial charge < -0.3 is 20.9 Å². The molecule has 0 aliphatic heterocycles. The average Bonchev–Trinajstić information content (AvgIpc) is 2.09. The topological polar surface area (TPSA) is 105 Å². The Labute approximate surface area is 85.8 Å². The molecular formula is C9H10N2O4. The molecule has 0 unspecified atom stereocenters. The maximum atomic E-state index is 10.6. The molecule has 0 atom stereocenters. The van der Waals surface area contributed by atoms with Crippen LogP contribution in [-0.4, -0.2) is 12.2 Å². The van der Waals surface area contributed by atoms with Gasteiger partial charge in [-0.05, 0) is 18.6 Å². The molecule has 1 aromatic carbocycles. The van der Waals surface area contributed by atoms with Crippen molar-refractivity contribution in [2.75, 3.05) is 0 Å². The minimum atomic E-state index is -0.991. The molecule has 0 spiro atoms. The van der Waals surface area contributed by atoms with E-state index >= 15 is 0 Å². The number of ether oxygens (including phenoxy) is 2. The van der Waals surface area contributed by atoms with E-state index in [9.17, 15) is 9.59 Å². The second-order valence-electron chi connectivity index (χ2n) is 2.74. The van der Waals surface area contributed by atoms with Crippen LogP contribution >= 0.6 is 0 Å². The molecule has 80 valence electrons. The number of hydrogen-bond acceptors (Lipinski definition) is 4. The first-order valence-electron chi connectivity index (χ1n) is 4.05. The highest BCUT2D eigenvalue weighted by Crippen LogP contribution is 2.30. The molecule has 0 heterocycles. The van der Waals surface area contributed by atoms with Crippen LogP contribution in [0.25, 0.3) is 0 Å². The third-order valence-electron chi connectivity index (χ3n) is 1.59. The molecule has 0 fully saturated rings. The zero-order valence-corrected chi connectivity index (χ0v) is 8.02. The van der Waals surface area contributed by atoms with Crippen molar-refractivity contribution < 1.29 is 19.1 Å². The molecule has 1 rings (SSSR count). The summed E-state index contributed by atoms with van der Waals surface area (Å²) in [5, 5.41) is 0. The minimum Gasteiger partial charge on any atom is -0.406 e. The van der Waals surface area contributed by atoms with Gasteiger partial charge >= 0.3 is 12.2 Å². The van der Waals surface area contributed by atoms with Gasteiger partial charge in [0.15, 0.2) is 11.5 Å². The molecule has 6 nitrogen and oxygen atoms in total. The van der Waals surface area contributed by atoms with Gasteiger partial charge in [-0.1, -0.05) is 12.1 Å². The molecule has 1 aromatic rings. The molecule has 0 aromatic heterocycles. The number of nitrogens with two attached hydrogens (primary N) is 2. The average molecular weight is 210 g/mol. The van der Waals surface area contributed by atoms with Crippen molar-refractivity contribution in [3.05, 3.63) is 23.8 Å². The lowest BCUT2D eigenvalue weighted by Gasteiger charge is -2.09. The maximum absolute atomic E-state index is 10.6. The third kappa shape index (κ3) is 2.87. The Morgan fingerprint density at radius 1 is 1.13 bits per heavy atom. The largest absolute Gasteiger partial charge is 0.410 e. The summed E-state index contributed by atoms with van der Waals surface area (Å²) < 4.78 is 9.32. The van der Waals surface area contributed by atoms with Crippen LogP contribution < -0.4 is 20.9 Å². The van der Waals surface area contributed by atoms with Gasteiger partial charge in [-0.25, -0.2) is 9.59 Å². The number of rotatable bonds is 2. The normalized spacial score (nSPS) is 9.40. The lowest BCUT2D eigenvalue weighted by molar-refractivity contribution is 0.200. The highest BCUT2D eigenvalue weighted by atomic mass is 16.6. The molecular weight excluding hydrogens is 200 g/mol. The summed E-state index contributed by atoms with van der Waals surface area (Å²) >= 11 is 0. The van der Waals surface area contributed by atoms with Crippen LogP contribution in [0.4, 0.5) is 9.59 Å². The molecule has 0 saturated heterocycles. The number of primary amides is 2. The Balaban J connectivity index is 3.08. The van der Waals surface area contributed by atoms with Crippen molar-refractivity contribution in [1.29, 1.82) is 0 Å². The number of carbonyl (C=O) groups is 2. The Kier molecular flexibility index (Phi) is 3.12. The van der Waals surface area contributed by atoms with E-state index in [1.807, 2.05) is 0 Å². The Bertz CT molecular complexity index is 403. The van der Waals surface area contributed by atoms with Gasteiger partial charge in [-0.2, -0.15) is 0 Å². The third-order valence-corrected chi connectivity index (χ3v) is 1.59. The van der Waals surface area contributed by atoms with Crippen LogP contribution in [0.15, 0.2) is 18.2 Å². The molecule has 15 heavy (non-hydrogen) atoms. The number of amides is 2. The molecule has 0 radical (unpaired) electrons. The Hall–Kier alpha value is -2.24. The van der Waals surface area contributed by atoms with Gasteiger partial charge in [0, 0.05) is 0 Å². The van der Waals surface area contributed by atoms with E-state index in [1.165, 1.54) is 6.07 Å². The molecule has 6 heteroatoms. The summed E-state index contributed by atoms with van der Waals surface area (Å²) in [7, 11) is 0. The van der Waals surface area contributed by atoms with Crippen molar-refractivity contribution in [2.45, 2.75) is 6.92 Å². The lowest BCUT2D eigenvalue weighted by Crippen LogP contribution is -2.20. The number of carbonyl (C=O) groups excluding carboxylic acids is 2. The predicted octanol–water partition coefficient (Wildman–Crippen LogP) is 0.910. The lowest BCUT2D eigenvalue weighted by atomic mass is 10.2. The fourth-order valence-electron chi connectivity index (χ4n) is 1.05. The molecule has 0 aliphatic rings. The van der Waals surface area contributed by atoms with Gasteiger partial charge in [0.25, 0.3) is 0 Å². The summed E-state index contributed by atoms with van der Waals surface area (Å²) in [6, 6.07) is 4.74. The first-order chi connectivity index (χ1) is 7.00. The maximum Gasteiger partial charge on any atom is 0.410 e. The predicted molar refractivity (Wildman–Crippen MR) is 51.6 cm³/mol. The van der Waals surface area contributed by atoms with Crippen molar-refractivity contribution in [2.24, 2.45) is 11.5 Å². The van der Waals surface area contributed by atoms with Crippen molar-refractivity contribution in [1.82, 2.24) is 0 Å². The zero-order valence-electron chi connectivity index (χ0n) is 8.02. The Morgan fingerprint density at radius 3 is 2.27 bits per heavy atom. The van der Waals surface area contributed by atoms with Crippen LogP contribution in [0, 0.1) is 6.92 Å². The quantitative estimate of drug-likeness (QED) is 0.756. The van der Waals surface area contributed by atoms with Gasteiger partial charge in [-0.15, -0.1) is 0 Å². The molecule has 0 bridgehead atoms. The smallest absolute Gasteiger partial charge is 0.406 e. The minimum absolute atomic E-state index is 0.0568. The van der Waals surface area contributed by atoms with E-state index in [4.69, 9.17) is 11.5 Å². The van der Waals surface area contributed by atoms with Crippen LogP contribution in [0.5, 0.6) is 11.5 Å². The Morgan fingerprint density at radius 2 is 1.73 bits per heavy atom. The van der Waals surface area contributed by atoms with E-state index in [2.05, 4.69) is 9.47 Å². The summed E-state index contributed by atoms with van der Waals surface area (Å²) in [6.45, 7) is 1.67. The fraction of sp³-hybridized carbons (Fsp3) is 0.111.